The zero-order valence-electron chi connectivity index (χ0n) is 13.3. The molecule has 0 atom stereocenters. The first-order chi connectivity index (χ1) is 12.0. The lowest BCUT2D eigenvalue weighted by atomic mass is 10.1. The quantitative estimate of drug-likeness (QED) is 0.754. The molecular formula is C18H17F2N3O2. The largest absolute Gasteiger partial charge is 0.376 e. The summed E-state index contributed by atoms with van der Waals surface area (Å²) in [5.41, 5.74) is 0.921. The molecular weight excluding hydrogens is 328 g/mol. The fourth-order valence-corrected chi connectivity index (χ4v) is 2.31. The van der Waals surface area contributed by atoms with Gasteiger partial charge in [0.1, 0.15) is 11.6 Å². The van der Waals surface area contributed by atoms with E-state index in [1.807, 2.05) is 0 Å². The fourth-order valence-electron chi connectivity index (χ4n) is 2.31. The third-order valence-electron chi connectivity index (χ3n) is 3.67. The monoisotopic (exact) mass is 345 g/mol. The summed E-state index contributed by atoms with van der Waals surface area (Å²) in [5.74, 6) is -2.13. The number of carbonyl (C=O) groups excluding carboxylic acids is 2. The highest BCUT2D eigenvalue weighted by atomic mass is 19.1. The Morgan fingerprint density at radius 1 is 1.04 bits per heavy atom. The molecule has 2 aromatic carbocycles. The highest BCUT2D eigenvalue weighted by molar-refractivity contribution is 6.04. The van der Waals surface area contributed by atoms with Crippen molar-refractivity contribution >= 4 is 23.2 Å². The molecule has 3 N–H and O–H groups in total. The molecule has 0 saturated heterocycles. The Morgan fingerprint density at radius 2 is 1.72 bits per heavy atom. The number of carbonyl (C=O) groups is 2. The van der Waals surface area contributed by atoms with Crippen LogP contribution in [0.2, 0.25) is 0 Å². The predicted molar refractivity (Wildman–Crippen MR) is 90.4 cm³/mol. The SMILES string of the molecule is O=C(CNc1cc(F)cc(F)c1)Nc1ccccc1C(=O)NC1CC1. The molecule has 0 aromatic heterocycles. The second-order valence-corrected chi connectivity index (χ2v) is 5.85. The van der Waals surface area contributed by atoms with Gasteiger partial charge in [-0.25, -0.2) is 8.78 Å². The van der Waals surface area contributed by atoms with Gasteiger partial charge in [0.15, 0.2) is 0 Å². The highest BCUT2D eigenvalue weighted by Crippen LogP contribution is 2.21. The molecule has 0 spiro atoms. The zero-order valence-corrected chi connectivity index (χ0v) is 13.3. The molecule has 0 bridgehead atoms. The second-order valence-electron chi connectivity index (χ2n) is 5.85. The summed E-state index contributed by atoms with van der Waals surface area (Å²) >= 11 is 0. The fraction of sp³-hybridized carbons (Fsp3) is 0.222. The van der Waals surface area contributed by atoms with Gasteiger partial charge in [-0.15, -0.1) is 0 Å². The number of nitrogens with one attached hydrogen (secondary N) is 3. The number of rotatable bonds is 6. The molecule has 0 unspecified atom stereocenters. The number of para-hydroxylation sites is 1. The Hall–Kier alpha value is -2.96. The van der Waals surface area contributed by atoms with Crippen LogP contribution in [0, 0.1) is 11.6 Å². The van der Waals surface area contributed by atoms with E-state index in [2.05, 4.69) is 16.0 Å². The van der Waals surface area contributed by atoms with Gasteiger partial charge in [-0.3, -0.25) is 9.59 Å². The van der Waals surface area contributed by atoms with Gasteiger partial charge in [-0.1, -0.05) is 12.1 Å². The Morgan fingerprint density at radius 3 is 2.40 bits per heavy atom. The number of anilines is 2. The molecule has 3 rings (SSSR count). The molecule has 7 heteroatoms. The van der Waals surface area contributed by atoms with Crippen LogP contribution in [0.3, 0.4) is 0 Å². The van der Waals surface area contributed by atoms with Crippen molar-refractivity contribution in [3.05, 3.63) is 59.7 Å². The summed E-state index contributed by atoms with van der Waals surface area (Å²) in [7, 11) is 0. The maximum Gasteiger partial charge on any atom is 0.253 e. The van der Waals surface area contributed by atoms with Crippen molar-refractivity contribution in [2.45, 2.75) is 18.9 Å². The van der Waals surface area contributed by atoms with E-state index in [9.17, 15) is 18.4 Å². The molecule has 5 nitrogen and oxygen atoms in total. The topological polar surface area (TPSA) is 70.2 Å². The number of benzene rings is 2. The Bertz CT molecular complexity index is 786. The van der Waals surface area contributed by atoms with Crippen LogP contribution in [0.1, 0.15) is 23.2 Å². The molecule has 1 saturated carbocycles. The summed E-state index contributed by atoms with van der Waals surface area (Å²) in [5, 5.41) is 8.14. The van der Waals surface area contributed by atoms with Crippen molar-refractivity contribution in [1.29, 1.82) is 0 Å². The van der Waals surface area contributed by atoms with E-state index in [0.717, 1.165) is 31.0 Å². The maximum atomic E-state index is 13.1. The molecule has 0 heterocycles. The molecule has 1 aliphatic rings. The molecule has 1 fully saturated rings. The number of halogens is 2. The van der Waals surface area contributed by atoms with Crippen LogP contribution in [0.4, 0.5) is 20.2 Å². The lowest BCUT2D eigenvalue weighted by Gasteiger charge is -2.12. The lowest BCUT2D eigenvalue weighted by Crippen LogP contribution is -2.28. The van der Waals surface area contributed by atoms with Crippen LogP contribution in [0.5, 0.6) is 0 Å². The van der Waals surface area contributed by atoms with Crippen LogP contribution in [-0.2, 0) is 4.79 Å². The summed E-state index contributed by atoms with van der Waals surface area (Å²) in [4.78, 5) is 24.3. The molecule has 2 aromatic rings. The number of hydrogen-bond donors (Lipinski definition) is 3. The van der Waals surface area contributed by atoms with Crippen molar-refractivity contribution < 1.29 is 18.4 Å². The molecule has 2 amide bonds. The van der Waals surface area contributed by atoms with Crippen molar-refractivity contribution in [2.24, 2.45) is 0 Å². The minimum Gasteiger partial charge on any atom is -0.376 e. The van der Waals surface area contributed by atoms with Crippen molar-refractivity contribution in [3.63, 3.8) is 0 Å². The van der Waals surface area contributed by atoms with E-state index >= 15 is 0 Å². The first kappa shape index (κ1) is 16.9. The van der Waals surface area contributed by atoms with Gasteiger partial charge < -0.3 is 16.0 Å². The van der Waals surface area contributed by atoms with Gasteiger partial charge in [-0.2, -0.15) is 0 Å². The van der Waals surface area contributed by atoms with Crippen molar-refractivity contribution in [3.8, 4) is 0 Å². The maximum absolute atomic E-state index is 13.1. The van der Waals surface area contributed by atoms with Crippen LogP contribution in [0.15, 0.2) is 42.5 Å². The van der Waals surface area contributed by atoms with Crippen molar-refractivity contribution in [2.75, 3.05) is 17.2 Å². The zero-order chi connectivity index (χ0) is 17.8. The van der Waals surface area contributed by atoms with E-state index in [-0.39, 0.29) is 24.2 Å². The number of amides is 2. The minimum absolute atomic E-state index is 0.160. The Balaban J connectivity index is 1.61. The summed E-state index contributed by atoms with van der Waals surface area (Å²) < 4.78 is 26.3. The lowest BCUT2D eigenvalue weighted by molar-refractivity contribution is -0.114. The highest BCUT2D eigenvalue weighted by Gasteiger charge is 2.24. The predicted octanol–water partition coefficient (Wildman–Crippen LogP) is 2.91. The third kappa shape index (κ3) is 4.76. The van der Waals surface area contributed by atoms with Gasteiger partial charge in [0, 0.05) is 17.8 Å². The summed E-state index contributed by atoms with van der Waals surface area (Å²) in [6.07, 6.45) is 1.93. The molecule has 0 radical (unpaired) electrons. The van der Waals surface area contributed by atoms with E-state index in [4.69, 9.17) is 0 Å². The van der Waals surface area contributed by atoms with Gasteiger partial charge in [0.25, 0.3) is 5.91 Å². The van der Waals surface area contributed by atoms with Gasteiger partial charge in [-0.05, 0) is 37.1 Å². The van der Waals surface area contributed by atoms with E-state index in [1.54, 1.807) is 24.3 Å². The van der Waals surface area contributed by atoms with Gasteiger partial charge in [0.05, 0.1) is 17.8 Å². The summed E-state index contributed by atoms with van der Waals surface area (Å²) in [6.45, 7) is -0.193. The standard InChI is InChI=1S/C18H17F2N3O2/c19-11-7-12(20)9-14(8-11)21-10-17(24)23-16-4-2-1-3-15(16)18(25)22-13-5-6-13/h1-4,7-9,13,21H,5-6,10H2,(H,22,25)(H,23,24). The van der Waals surface area contributed by atoms with Crippen molar-refractivity contribution in [1.82, 2.24) is 5.32 Å². The first-order valence-electron chi connectivity index (χ1n) is 7.91. The van der Waals surface area contributed by atoms with Gasteiger partial charge in [0.2, 0.25) is 5.91 Å². The van der Waals surface area contributed by atoms with Gasteiger partial charge >= 0.3 is 0 Å². The summed E-state index contributed by atoms with van der Waals surface area (Å²) in [6, 6.07) is 9.82. The van der Waals surface area contributed by atoms with E-state index in [1.165, 1.54) is 0 Å². The number of hydrogen-bond acceptors (Lipinski definition) is 3. The van der Waals surface area contributed by atoms with Crippen LogP contribution in [0.25, 0.3) is 0 Å². The normalized spacial score (nSPS) is 13.2. The van der Waals surface area contributed by atoms with E-state index < -0.39 is 17.5 Å². The molecule has 25 heavy (non-hydrogen) atoms. The van der Waals surface area contributed by atoms with Crippen LogP contribution >= 0.6 is 0 Å². The van der Waals surface area contributed by atoms with Crippen LogP contribution in [-0.4, -0.2) is 24.4 Å². The Labute approximate surface area is 143 Å². The average molecular weight is 345 g/mol. The smallest absolute Gasteiger partial charge is 0.253 e. The minimum atomic E-state index is -0.731. The van der Waals surface area contributed by atoms with Crippen LogP contribution < -0.4 is 16.0 Å². The molecule has 130 valence electrons. The second kappa shape index (κ2) is 7.29. The van der Waals surface area contributed by atoms with E-state index in [0.29, 0.717) is 11.3 Å². The third-order valence-corrected chi connectivity index (χ3v) is 3.67. The molecule has 0 aliphatic heterocycles. The average Bonchev–Trinajstić information content (AvgIpc) is 3.36. The Kier molecular flexibility index (Phi) is 4.92. The molecule has 1 aliphatic carbocycles. The first-order valence-corrected chi connectivity index (χ1v) is 7.91.